The number of ether oxygens (including phenoxy) is 1. The Morgan fingerprint density at radius 2 is 2.00 bits per heavy atom. The Kier molecular flexibility index (Phi) is 4.80. The monoisotopic (exact) mass is 362 g/mol. The van der Waals surface area contributed by atoms with Crippen LogP contribution in [0.2, 0.25) is 30.7 Å². The highest BCUT2D eigenvalue weighted by Gasteiger charge is 2.17. The summed E-state index contributed by atoms with van der Waals surface area (Å²) in [6, 6.07) is 4.98. The van der Waals surface area contributed by atoms with Gasteiger partial charge in [0, 0.05) is 45.7 Å². The molecule has 0 fully saturated rings. The van der Waals surface area contributed by atoms with Crippen molar-refractivity contribution in [2.45, 2.75) is 32.4 Å². The Labute approximate surface area is 148 Å². The molecule has 24 heavy (non-hydrogen) atoms. The Bertz CT molecular complexity index is 850. The number of pyridine rings is 1. The van der Waals surface area contributed by atoms with Crippen molar-refractivity contribution >= 4 is 30.7 Å². The average Bonchev–Trinajstić information content (AvgIpc) is 3.07. The standard InChI is InChI=1S/C17H23ClN4OSi/c1-21-8-7-20-17(21)15-11-13-14(18)5-6-19-16(13)22(15)12-23-9-10-24(2,3)4/h5-8,11H,9-10,12H2,1-4H3. The number of hydrogen-bond acceptors (Lipinski definition) is 3. The van der Waals surface area contributed by atoms with E-state index in [0.29, 0.717) is 11.8 Å². The zero-order valence-corrected chi connectivity index (χ0v) is 16.3. The van der Waals surface area contributed by atoms with Crippen molar-refractivity contribution in [2.24, 2.45) is 7.05 Å². The third-order valence-corrected chi connectivity index (χ3v) is 6.04. The van der Waals surface area contributed by atoms with Gasteiger partial charge in [0.25, 0.3) is 0 Å². The summed E-state index contributed by atoms with van der Waals surface area (Å²) in [6.07, 6.45) is 5.45. The van der Waals surface area contributed by atoms with E-state index in [4.69, 9.17) is 16.3 Å². The second kappa shape index (κ2) is 6.70. The molecule has 5 nitrogen and oxygen atoms in total. The summed E-state index contributed by atoms with van der Waals surface area (Å²) < 4.78 is 9.99. The van der Waals surface area contributed by atoms with Gasteiger partial charge in [-0.1, -0.05) is 31.2 Å². The minimum absolute atomic E-state index is 0.448. The van der Waals surface area contributed by atoms with E-state index in [-0.39, 0.29) is 0 Å². The Balaban J connectivity index is 1.95. The summed E-state index contributed by atoms with van der Waals surface area (Å²) in [5.41, 5.74) is 1.79. The maximum Gasteiger partial charge on any atom is 0.156 e. The molecule has 0 atom stereocenters. The first-order valence-electron chi connectivity index (χ1n) is 8.06. The quantitative estimate of drug-likeness (QED) is 0.482. The van der Waals surface area contributed by atoms with Crippen LogP contribution >= 0.6 is 11.6 Å². The van der Waals surface area contributed by atoms with Gasteiger partial charge in [-0.05, 0) is 18.2 Å². The van der Waals surface area contributed by atoms with Crippen LogP contribution in [0.1, 0.15) is 0 Å². The zero-order chi connectivity index (χ0) is 17.3. The molecule has 0 radical (unpaired) electrons. The number of halogens is 1. The molecule has 0 aromatic carbocycles. The second-order valence-electron chi connectivity index (χ2n) is 7.20. The van der Waals surface area contributed by atoms with Crippen molar-refractivity contribution in [3.05, 3.63) is 35.7 Å². The minimum Gasteiger partial charge on any atom is -0.361 e. The van der Waals surface area contributed by atoms with Crippen molar-refractivity contribution < 1.29 is 4.74 Å². The van der Waals surface area contributed by atoms with Crippen LogP contribution in [0.4, 0.5) is 0 Å². The van der Waals surface area contributed by atoms with Gasteiger partial charge >= 0.3 is 0 Å². The molecule has 0 saturated heterocycles. The molecule has 0 N–H and O–H groups in total. The smallest absolute Gasteiger partial charge is 0.156 e. The van der Waals surface area contributed by atoms with Crippen LogP contribution in [-0.4, -0.2) is 33.8 Å². The number of aromatic nitrogens is 4. The summed E-state index contributed by atoms with van der Waals surface area (Å²) in [7, 11) is 0.873. The van der Waals surface area contributed by atoms with Crippen LogP contribution in [0, 0.1) is 0 Å². The number of imidazole rings is 1. The molecule has 0 saturated carbocycles. The number of fused-ring (bicyclic) bond motifs is 1. The lowest BCUT2D eigenvalue weighted by molar-refractivity contribution is 0.0908. The van der Waals surface area contributed by atoms with Crippen LogP contribution in [0.15, 0.2) is 30.7 Å². The highest BCUT2D eigenvalue weighted by Crippen LogP contribution is 2.30. The fourth-order valence-electron chi connectivity index (χ4n) is 2.58. The van der Waals surface area contributed by atoms with Crippen molar-refractivity contribution in [3.8, 4) is 11.5 Å². The fraction of sp³-hybridized carbons (Fsp3) is 0.412. The van der Waals surface area contributed by atoms with E-state index in [2.05, 4.69) is 29.6 Å². The van der Waals surface area contributed by atoms with Crippen molar-refractivity contribution in [2.75, 3.05) is 6.61 Å². The summed E-state index contributed by atoms with van der Waals surface area (Å²) >= 11 is 6.35. The topological polar surface area (TPSA) is 44.9 Å². The molecule has 0 unspecified atom stereocenters. The summed E-state index contributed by atoms with van der Waals surface area (Å²) in [6.45, 7) is 8.26. The summed E-state index contributed by atoms with van der Waals surface area (Å²) in [4.78, 5) is 8.96. The van der Waals surface area contributed by atoms with Crippen molar-refractivity contribution in [1.82, 2.24) is 19.1 Å². The normalized spacial score (nSPS) is 12.2. The molecule has 3 heterocycles. The van der Waals surface area contributed by atoms with Crippen molar-refractivity contribution in [3.63, 3.8) is 0 Å². The molecule has 0 aliphatic carbocycles. The molecule has 0 aliphatic heterocycles. The molecule has 128 valence electrons. The third kappa shape index (κ3) is 3.55. The van der Waals surface area contributed by atoms with E-state index in [1.54, 1.807) is 12.4 Å². The third-order valence-electron chi connectivity index (χ3n) is 4.01. The minimum atomic E-state index is -1.11. The molecule has 0 spiro atoms. The van der Waals surface area contributed by atoms with E-state index < -0.39 is 8.07 Å². The molecular formula is C17H23ClN4OSi. The predicted octanol–water partition coefficient (Wildman–Crippen LogP) is 4.40. The van der Waals surface area contributed by atoms with Gasteiger partial charge in [-0.2, -0.15) is 0 Å². The van der Waals surface area contributed by atoms with Crippen LogP contribution in [0.3, 0.4) is 0 Å². The summed E-state index contributed by atoms with van der Waals surface area (Å²) in [5.74, 6) is 0.873. The van der Waals surface area contributed by atoms with Gasteiger partial charge in [-0.25, -0.2) is 9.97 Å². The maximum atomic E-state index is 6.35. The number of rotatable bonds is 6. The van der Waals surface area contributed by atoms with E-state index in [9.17, 15) is 0 Å². The van der Waals surface area contributed by atoms with E-state index >= 15 is 0 Å². The highest BCUT2D eigenvalue weighted by molar-refractivity contribution is 6.76. The number of aryl methyl sites for hydroxylation is 1. The summed E-state index contributed by atoms with van der Waals surface area (Å²) in [5, 5.41) is 1.61. The Morgan fingerprint density at radius 3 is 2.67 bits per heavy atom. The van der Waals surface area contributed by atoms with E-state index in [0.717, 1.165) is 35.2 Å². The fourth-order valence-corrected chi connectivity index (χ4v) is 3.53. The number of nitrogens with zero attached hydrogens (tertiary/aromatic N) is 4. The SMILES string of the molecule is Cn1ccnc1-c1cc2c(Cl)ccnc2n1COCC[Si](C)(C)C. The largest absolute Gasteiger partial charge is 0.361 e. The van der Waals surface area contributed by atoms with Crippen LogP contribution in [-0.2, 0) is 18.5 Å². The van der Waals surface area contributed by atoms with Gasteiger partial charge in [0.05, 0.1) is 10.7 Å². The zero-order valence-electron chi connectivity index (χ0n) is 14.6. The Morgan fingerprint density at radius 1 is 1.21 bits per heavy atom. The highest BCUT2D eigenvalue weighted by atomic mass is 35.5. The molecule has 3 aromatic rings. The van der Waals surface area contributed by atoms with Gasteiger partial charge in [0.15, 0.2) is 5.82 Å². The molecule has 0 bridgehead atoms. The van der Waals surface area contributed by atoms with Gasteiger partial charge in [0.1, 0.15) is 12.4 Å². The molecule has 3 rings (SSSR count). The van der Waals surface area contributed by atoms with Gasteiger partial charge in [-0.15, -0.1) is 0 Å². The Hall–Kier alpha value is -1.63. The molecule has 3 aromatic heterocycles. The van der Waals surface area contributed by atoms with Gasteiger partial charge in [-0.3, -0.25) is 4.57 Å². The molecule has 0 amide bonds. The average molecular weight is 363 g/mol. The van der Waals surface area contributed by atoms with E-state index in [1.165, 1.54) is 0 Å². The van der Waals surface area contributed by atoms with Gasteiger partial charge in [0.2, 0.25) is 0 Å². The first-order chi connectivity index (χ1) is 11.4. The lowest BCUT2D eigenvalue weighted by Gasteiger charge is -2.16. The van der Waals surface area contributed by atoms with Crippen molar-refractivity contribution in [1.29, 1.82) is 0 Å². The molecule has 0 aliphatic rings. The van der Waals surface area contributed by atoms with Crippen LogP contribution in [0.5, 0.6) is 0 Å². The predicted molar refractivity (Wildman–Crippen MR) is 101 cm³/mol. The first-order valence-corrected chi connectivity index (χ1v) is 12.1. The maximum absolute atomic E-state index is 6.35. The number of hydrogen-bond donors (Lipinski definition) is 0. The van der Waals surface area contributed by atoms with Gasteiger partial charge < -0.3 is 9.30 Å². The second-order valence-corrected chi connectivity index (χ2v) is 13.2. The molecular weight excluding hydrogens is 340 g/mol. The van der Waals surface area contributed by atoms with Crippen LogP contribution in [0.25, 0.3) is 22.6 Å². The first kappa shape index (κ1) is 17.2. The van der Waals surface area contributed by atoms with E-state index in [1.807, 2.05) is 34.5 Å². The molecule has 7 heteroatoms. The van der Waals surface area contributed by atoms with Crippen LogP contribution < -0.4 is 0 Å². The lowest BCUT2D eigenvalue weighted by atomic mass is 10.3. The lowest BCUT2D eigenvalue weighted by Crippen LogP contribution is -2.22.